The van der Waals surface area contributed by atoms with Crippen LogP contribution in [0.1, 0.15) is 72.7 Å². The van der Waals surface area contributed by atoms with Crippen LogP contribution in [0.4, 0.5) is 4.79 Å². The summed E-state index contributed by atoms with van der Waals surface area (Å²) in [5.41, 5.74) is -0.917. The summed E-state index contributed by atoms with van der Waals surface area (Å²) in [4.78, 5) is 40.5. The molecule has 1 aromatic rings. The number of alkyl carbamates (subject to hydrolysis) is 1. The number of halogens is 1. The van der Waals surface area contributed by atoms with Crippen molar-refractivity contribution in [3.8, 4) is 0 Å². The molecule has 7 heteroatoms. The van der Waals surface area contributed by atoms with Crippen LogP contribution >= 0.6 is 11.6 Å². The highest BCUT2D eigenvalue weighted by Gasteiger charge is 2.40. The van der Waals surface area contributed by atoms with Gasteiger partial charge in [0.2, 0.25) is 5.91 Å². The summed E-state index contributed by atoms with van der Waals surface area (Å²) in [6.07, 6.45) is -0.669. The summed E-state index contributed by atoms with van der Waals surface area (Å²) >= 11 is 6.03. The Morgan fingerprint density at radius 1 is 1.03 bits per heavy atom. The maximum atomic E-state index is 13.6. The number of nitrogens with zero attached hydrogens (tertiary/aromatic N) is 1. The molecule has 30 heavy (non-hydrogen) atoms. The van der Waals surface area contributed by atoms with Crippen molar-refractivity contribution in [2.45, 2.75) is 85.5 Å². The van der Waals surface area contributed by atoms with Gasteiger partial charge in [0.15, 0.2) is 5.78 Å². The first-order valence-electron chi connectivity index (χ1n) is 10.2. The first kappa shape index (κ1) is 26.0. The van der Waals surface area contributed by atoms with Crippen LogP contribution in [0.2, 0.25) is 5.02 Å². The van der Waals surface area contributed by atoms with Gasteiger partial charge in [-0.15, -0.1) is 0 Å². The summed E-state index contributed by atoms with van der Waals surface area (Å²) in [6, 6.07) is 5.06. The lowest BCUT2D eigenvalue weighted by Gasteiger charge is -2.42. The first-order chi connectivity index (χ1) is 13.5. The molecule has 1 N–H and O–H groups in total. The van der Waals surface area contributed by atoms with Gasteiger partial charge in [-0.05, 0) is 66.5 Å². The summed E-state index contributed by atoms with van der Waals surface area (Å²) in [5.74, 6) is -0.768. The summed E-state index contributed by atoms with van der Waals surface area (Å²) in [5, 5.41) is 3.14. The quantitative estimate of drug-likeness (QED) is 0.628. The average molecular weight is 439 g/mol. The molecule has 2 unspecified atom stereocenters. The lowest BCUT2D eigenvalue weighted by Crippen LogP contribution is -2.60. The third-order valence-corrected chi connectivity index (χ3v) is 4.68. The Labute approximate surface area is 185 Å². The fourth-order valence-corrected chi connectivity index (χ4v) is 3.39. The van der Waals surface area contributed by atoms with Crippen LogP contribution in [0.5, 0.6) is 0 Å². The number of nitrogens with one attached hydrogen (secondary N) is 1. The number of carbonyl (C=O) groups is 3. The molecule has 0 saturated carbocycles. The highest BCUT2D eigenvalue weighted by molar-refractivity contribution is 6.31. The van der Waals surface area contributed by atoms with Crippen molar-refractivity contribution in [1.29, 1.82) is 0 Å². The third-order valence-electron chi connectivity index (χ3n) is 4.44. The van der Waals surface area contributed by atoms with Crippen molar-refractivity contribution in [1.82, 2.24) is 10.2 Å². The van der Waals surface area contributed by atoms with Gasteiger partial charge in [0.1, 0.15) is 11.6 Å². The van der Waals surface area contributed by atoms with Crippen molar-refractivity contribution >= 4 is 29.4 Å². The summed E-state index contributed by atoms with van der Waals surface area (Å²) in [7, 11) is 0. The van der Waals surface area contributed by atoms with E-state index in [1.165, 1.54) is 4.90 Å². The molecule has 0 aliphatic heterocycles. The molecule has 1 rings (SSSR count). The second-order valence-electron chi connectivity index (χ2n) is 9.80. The standard InChI is InChI=1S/C23H35ClN2O4/c1-14(2)18(25-21(29)30-23(7,8)9)20(28)26(22(4,5)6)15(3)19(27)16-11-10-12-17(24)13-16/h10-15,18H,1-9H3,(H,25,29). The Bertz CT molecular complexity index is 778. The van der Waals surface area contributed by atoms with Gasteiger partial charge < -0.3 is 15.0 Å². The van der Waals surface area contributed by atoms with Crippen molar-refractivity contribution in [3.05, 3.63) is 34.9 Å². The van der Waals surface area contributed by atoms with Crippen LogP contribution in [-0.4, -0.2) is 45.9 Å². The Kier molecular flexibility index (Phi) is 8.49. The minimum absolute atomic E-state index is 0.205. The zero-order valence-electron chi connectivity index (χ0n) is 19.5. The molecule has 0 radical (unpaired) electrons. The fraction of sp³-hybridized carbons (Fsp3) is 0.609. The van der Waals surface area contributed by atoms with Gasteiger partial charge in [0, 0.05) is 16.1 Å². The number of Topliss-reactive ketones (excluding diaryl/α,β-unsaturated/α-hetero) is 1. The van der Waals surface area contributed by atoms with Gasteiger partial charge in [-0.3, -0.25) is 9.59 Å². The Morgan fingerprint density at radius 2 is 1.60 bits per heavy atom. The molecule has 1 aromatic carbocycles. The third kappa shape index (κ3) is 7.31. The topological polar surface area (TPSA) is 75.7 Å². The number of ether oxygens (including phenoxy) is 1. The van der Waals surface area contributed by atoms with Crippen molar-refractivity contribution in [2.24, 2.45) is 5.92 Å². The van der Waals surface area contributed by atoms with Crippen LogP contribution in [0.15, 0.2) is 24.3 Å². The molecule has 0 aliphatic carbocycles. The molecule has 0 saturated heterocycles. The Balaban J connectivity index is 3.22. The molecule has 0 heterocycles. The van der Waals surface area contributed by atoms with Crippen LogP contribution in [0.3, 0.4) is 0 Å². The summed E-state index contributed by atoms with van der Waals surface area (Å²) in [6.45, 7) is 16.2. The molecule has 2 amide bonds. The maximum Gasteiger partial charge on any atom is 0.408 e. The van der Waals surface area contributed by atoms with E-state index in [1.54, 1.807) is 52.0 Å². The number of hydrogen-bond donors (Lipinski definition) is 1. The molecule has 0 bridgehead atoms. The molecule has 2 atom stereocenters. The minimum Gasteiger partial charge on any atom is -0.444 e. The van der Waals surface area contributed by atoms with E-state index in [4.69, 9.17) is 16.3 Å². The van der Waals surface area contributed by atoms with E-state index in [1.807, 2.05) is 34.6 Å². The van der Waals surface area contributed by atoms with Crippen LogP contribution < -0.4 is 5.32 Å². The number of amides is 2. The maximum absolute atomic E-state index is 13.6. The molecule has 0 spiro atoms. The molecule has 0 aromatic heterocycles. The van der Waals surface area contributed by atoms with Crippen LogP contribution in [-0.2, 0) is 9.53 Å². The van der Waals surface area contributed by atoms with Gasteiger partial charge in [-0.2, -0.15) is 0 Å². The van der Waals surface area contributed by atoms with Crippen LogP contribution in [0, 0.1) is 5.92 Å². The van der Waals surface area contributed by atoms with Gasteiger partial charge in [0.05, 0.1) is 6.04 Å². The molecule has 0 aliphatic rings. The van der Waals surface area contributed by atoms with E-state index >= 15 is 0 Å². The van der Waals surface area contributed by atoms with E-state index in [-0.39, 0.29) is 17.6 Å². The fourth-order valence-electron chi connectivity index (χ4n) is 3.20. The monoisotopic (exact) mass is 438 g/mol. The highest BCUT2D eigenvalue weighted by atomic mass is 35.5. The molecule has 168 valence electrons. The largest absolute Gasteiger partial charge is 0.444 e. The van der Waals surface area contributed by atoms with Crippen molar-refractivity contribution in [3.63, 3.8) is 0 Å². The van der Waals surface area contributed by atoms with E-state index in [9.17, 15) is 14.4 Å². The molecular formula is C23H35ClN2O4. The van der Waals surface area contributed by atoms with E-state index in [0.29, 0.717) is 10.6 Å². The van der Waals surface area contributed by atoms with Gasteiger partial charge in [-0.25, -0.2) is 4.79 Å². The van der Waals surface area contributed by atoms with Gasteiger partial charge in [-0.1, -0.05) is 37.6 Å². The number of rotatable bonds is 6. The van der Waals surface area contributed by atoms with E-state index in [0.717, 1.165) is 0 Å². The van der Waals surface area contributed by atoms with Crippen molar-refractivity contribution in [2.75, 3.05) is 0 Å². The highest BCUT2D eigenvalue weighted by Crippen LogP contribution is 2.24. The Hall–Kier alpha value is -2.08. The van der Waals surface area contributed by atoms with Gasteiger partial charge in [0.25, 0.3) is 0 Å². The number of carbonyl (C=O) groups excluding carboxylic acids is 3. The van der Waals surface area contributed by atoms with Gasteiger partial charge >= 0.3 is 6.09 Å². The predicted octanol–water partition coefficient (Wildman–Crippen LogP) is 5.09. The zero-order valence-corrected chi connectivity index (χ0v) is 20.3. The van der Waals surface area contributed by atoms with Crippen LogP contribution in [0.25, 0.3) is 0 Å². The molecular weight excluding hydrogens is 404 g/mol. The lowest BCUT2D eigenvalue weighted by atomic mass is 9.94. The summed E-state index contributed by atoms with van der Waals surface area (Å²) < 4.78 is 5.32. The smallest absolute Gasteiger partial charge is 0.408 e. The zero-order chi connectivity index (χ0) is 23.4. The molecule has 0 fully saturated rings. The normalized spacial score (nSPS) is 14.1. The Morgan fingerprint density at radius 3 is 2.03 bits per heavy atom. The SMILES string of the molecule is CC(C)C(NC(=O)OC(C)(C)C)C(=O)N(C(C)C(=O)c1cccc(Cl)c1)C(C)(C)C. The van der Waals surface area contributed by atoms with E-state index in [2.05, 4.69) is 5.32 Å². The van der Waals surface area contributed by atoms with E-state index < -0.39 is 29.3 Å². The average Bonchev–Trinajstić information content (AvgIpc) is 2.55. The van der Waals surface area contributed by atoms with Crippen molar-refractivity contribution < 1.29 is 19.1 Å². The minimum atomic E-state index is -0.839. The predicted molar refractivity (Wildman–Crippen MR) is 120 cm³/mol. The number of hydrogen-bond acceptors (Lipinski definition) is 4. The number of ketones is 1. The second-order valence-corrected chi connectivity index (χ2v) is 10.2. The number of benzene rings is 1. The first-order valence-corrected chi connectivity index (χ1v) is 10.5. The second kappa shape index (κ2) is 9.82. The lowest BCUT2D eigenvalue weighted by molar-refractivity contribution is -0.141. The molecule has 6 nitrogen and oxygen atoms in total.